The third-order valence-electron chi connectivity index (χ3n) is 3.95. The number of non-ortho nitro benzene ring substituents is 1. The maximum Gasteiger partial charge on any atom is 0.289 e. The van der Waals surface area contributed by atoms with Gasteiger partial charge in [-0.15, -0.1) is 0 Å². The summed E-state index contributed by atoms with van der Waals surface area (Å²) in [6, 6.07) is 13.3. The van der Waals surface area contributed by atoms with Gasteiger partial charge in [0.25, 0.3) is 11.6 Å². The molecule has 0 bridgehead atoms. The lowest BCUT2D eigenvalue weighted by atomic mass is 10.2. The number of benzene rings is 1. The fraction of sp³-hybridized carbons (Fsp3) is 0.105. The molecule has 0 unspecified atom stereocenters. The first-order valence-corrected chi connectivity index (χ1v) is 8.29. The van der Waals surface area contributed by atoms with Gasteiger partial charge >= 0.3 is 0 Å². The minimum Gasteiger partial charge on any atom is -0.316 e. The summed E-state index contributed by atoms with van der Waals surface area (Å²) in [7, 11) is 0. The summed E-state index contributed by atoms with van der Waals surface area (Å²) in [6.07, 6.45) is 5.82. The second-order valence-electron chi connectivity index (χ2n) is 5.68. The summed E-state index contributed by atoms with van der Waals surface area (Å²) in [4.78, 5) is 26.5. The van der Waals surface area contributed by atoms with Crippen molar-refractivity contribution >= 4 is 17.8 Å². The summed E-state index contributed by atoms with van der Waals surface area (Å²) in [5.74, 6) is -0.401. The van der Waals surface area contributed by atoms with E-state index in [1.54, 1.807) is 35.2 Å². The van der Waals surface area contributed by atoms with Crippen LogP contribution in [0.2, 0.25) is 0 Å². The standard InChI is InChI=1S/C19H17N5O3/c1-2-14-5-10-18(20-12-14)19(25)22-21-13-17-4-3-11-23(17)15-6-8-16(9-7-15)24(26)27/h3-13H,2H2,1H3,(H,22,25)/b21-13-. The quantitative estimate of drug-likeness (QED) is 0.413. The number of carbonyl (C=O) groups is 1. The van der Waals surface area contributed by atoms with Crippen LogP contribution in [0.25, 0.3) is 5.69 Å². The van der Waals surface area contributed by atoms with Gasteiger partial charge in [-0.3, -0.25) is 19.9 Å². The average Bonchev–Trinajstić information content (AvgIpc) is 3.16. The molecule has 3 rings (SSSR count). The van der Waals surface area contributed by atoms with Crippen molar-refractivity contribution in [1.82, 2.24) is 15.0 Å². The molecule has 8 nitrogen and oxygen atoms in total. The van der Waals surface area contributed by atoms with Crippen LogP contribution in [-0.4, -0.2) is 26.6 Å². The van der Waals surface area contributed by atoms with Crippen molar-refractivity contribution in [3.63, 3.8) is 0 Å². The summed E-state index contributed by atoms with van der Waals surface area (Å²) >= 11 is 0. The van der Waals surface area contributed by atoms with E-state index in [0.717, 1.165) is 17.7 Å². The zero-order valence-corrected chi connectivity index (χ0v) is 14.6. The van der Waals surface area contributed by atoms with Crippen LogP contribution in [0.4, 0.5) is 5.69 Å². The number of nitrogens with one attached hydrogen (secondary N) is 1. The third kappa shape index (κ3) is 4.24. The number of pyridine rings is 1. The number of aryl methyl sites for hydroxylation is 1. The fourth-order valence-electron chi connectivity index (χ4n) is 2.45. The van der Waals surface area contributed by atoms with Crippen molar-refractivity contribution in [2.24, 2.45) is 5.10 Å². The van der Waals surface area contributed by atoms with Crippen LogP contribution in [0.15, 0.2) is 66.0 Å². The lowest BCUT2D eigenvalue weighted by Crippen LogP contribution is -2.19. The molecule has 136 valence electrons. The van der Waals surface area contributed by atoms with E-state index in [-0.39, 0.29) is 11.4 Å². The smallest absolute Gasteiger partial charge is 0.289 e. The van der Waals surface area contributed by atoms with Crippen LogP contribution in [0.1, 0.15) is 28.7 Å². The molecule has 0 saturated carbocycles. The van der Waals surface area contributed by atoms with Gasteiger partial charge in [-0.2, -0.15) is 5.10 Å². The molecule has 0 radical (unpaired) electrons. The molecule has 2 heterocycles. The Morgan fingerprint density at radius 2 is 2.04 bits per heavy atom. The van der Waals surface area contributed by atoms with E-state index < -0.39 is 10.8 Å². The largest absolute Gasteiger partial charge is 0.316 e. The van der Waals surface area contributed by atoms with E-state index in [9.17, 15) is 14.9 Å². The number of carbonyl (C=O) groups excluding carboxylic acids is 1. The van der Waals surface area contributed by atoms with Gasteiger partial charge in [0.2, 0.25) is 0 Å². The maximum atomic E-state index is 12.1. The van der Waals surface area contributed by atoms with E-state index in [0.29, 0.717) is 5.69 Å². The Balaban J connectivity index is 1.70. The molecule has 0 aliphatic carbocycles. The number of aromatic nitrogens is 2. The molecular weight excluding hydrogens is 346 g/mol. The van der Waals surface area contributed by atoms with Gasteiger partial charge < -0.3 is 4.57 Å². The Morgan fingerprint density at radius 3 is 2.67 bits per heavy atom. The van der Waals surface area contributed by atoms with Crippen molar-refractivity contribution in [1.29, 1.82) is 0 Å². The van der Waals surface area contributed by atoms with Gasteiger partial charge in [0.1, 0.15) is 5.69 Å². The highest BCUT2D eigenvalue weighted by molar-refractivity contribution is 5.93. The minimum atomic E-state index is -0.446. The molecule has 2 aromatic heterocycles. The number of rotatable bonds is 6. The highest BCUT2D eigenvalue weighted by Gasteiger charge is 2.08. The number of nitro benzene ring substituents is 1. The van der Waals surface area contributed by atoms with Gasteiger partial charge in [0.15, 0.2) is 0 Å². The third-order valence-corrected chi connectivity index (χ3v) is 3.95. The molecule has 0 aliphatic heterocycles. The van der Waals surface area contributed by atoms with E-state index in [4.69, 9.17) is 0 Å². The molecule has 0 spiro atoms. The number of hydrazone groups is 1. The second kappa shape index (κ2) is 8.05. The number of amides is 1. The number of hydrogen-bond acceptors (Lipinski definition) is 5. The van der Waals surface area contributed by atoms with Crippen LogP contribution >= 0.6 is 0 Å². The van der Waals surface area contributed by atoms with Gasteiger partial charge in [0.05, 0.1) is 16.8 Å². The second-order valence-corrected chi connectivity index (χ2v) is 5.68. The Morgan fingerprint density at radius 1 is 1.26 bits per heavy atom. The lowest BCUT2D eigenvalue weighted by molar-refractivity contribution is -0.384. The van der Waals surface area contributed by atoms with Crippen molar-refractivity contribution in [2.75, 3.05) is 0 Å². The van der Waals surface area contributed by atoms with E-state index in [1.807, 2.05) is 25.1 Å². The van der Waals surface area contributed by atoms with Gasteiger partial charge in [-0.05, 0) is 42.3 Å². The Hall–Kier alpha value is -3.81. The molecule has 0 aliphatic rings. The first-order chi connectivity index (χ1) is 13.1. The topological polar surface area (TPSA) is 102 Å². The summed E-state index contributed by atoms with van der Waals surface area (Å²) < 4.78 is 1.80. The predicted molar refractivity (Wildman–Crippen MR) is 101 cm³/mol. The summed E-state index contributed by atoms with van der Waals surface area (Å²) in [5.41, 5.74) is 5.26. The number of nitro groups is 1. The first-order valence-electron chi connectivity index (χ1n) is 8.29. The maximum absolute atomic E-state index is 12.1. The van der Waals surface area contributed by atoms with Gasteiger partial charge in [0, 0.05) is 30.2 Å². The minimum absolute atomic E-state index is 0.0231. The zero-order valence-electron chi connectivity index (χ0n) is 14.6. The van der Waals surface area contributed by atoms with Crippen LogP contribution in [0.3, 0.4) is 0 Å². The molecule has 1 N–H and O–H groups in total. The normalized spacial score (nSPS) is 10.9. The van der Waals surface area contributed by atoms with Crippen molar-refractivity contribution in [2.45, 2.75) is 13.3 Å². The molecule has 3 aromatic rings. The van der Waals surface area contributed by atoms with E-state index >= 15 is 0 Å². The number of nitrogens with zero attached hydrogens (tertiary/aromatic N) is 4. The van der Waals surface area contributed by atoms with Crippen molar-refractivity contribution in [3.8, 4) is 5.69 Å². The molecule has 27 heavy (non-hydrogen) atoms. The summed E-state index contributed by atoms with van der Waals surface area (Å²) in [6.45, 7) is 2.01. The SMILES string of the molecule is CCc1ccc(C(=O)N/N=C\c2cccn2-c2ccc([N+](=O)[O-])cc2)nc1. The van der Waals surface area contributed by atoms with Crippen molar-refractivity contribution < 1.29 is 9.72 Å². The lowest BCUT2D eigenvalue weighted by Gasteiger charge is -2.06. The Kier molecular flexibility index (Phi) is 5.36. The molecule has 1 aromatic carbocycles. The monoisotopic (exact) mass is 363 g/mol. The number of hydrogen-bond donors (Lipinski definition) is 1. The highest BCUT2D eigenvalue weighted by atomic mass is 16.6. The summed E-state index contributed by atoms with van der Waals surface area (Å²) in [5, 5.41) is 14.7. The van der Waals surface area contributed by atoms with Crippen LogP contribution in [0, 0.1) is 10.1 Å². The predicted octanol–water partition coefficient (Wildman–Crippen LogP) is 3.11. The first kappa shape index (κ1) is 18.0. The Bertz CT molecular complexity index is 975. The van der Waals surface area contributed by atoms with Crippen LogP contribution in [0.5, 0.6) is 0 Å². The van der Waals surface area contributed by atoms with Gasteiger partial charge in [-0.25, -0.2) is 5.43 Å². The average molecular weight is 363 g/mol. The van der Waals surface area contributed by atoms with Gasteiger partial charge in [-0.1, -0.05) is 13.0 Å². The molecular formula is C19H17N5O3. The fourth-order valence-corrected chi connectivity index (χ4v) is 2.45. The van der Waals surface area contributed by atoms with Crippen LogP contribution < -0.4 is 5.43 Å². The molecule has 1 amide bonds. The Labute approximate surface area is 155 Å². The molecule has 0 atom stereocenters. The highest BCUT2D eigenvalue weighted by Crippen LogP contribution is 2.16. The van der Waals surface area contributed by atoms with Crippen LogP contribution in [-0.2, 0) is 6.42 Å². The zero-order chi connectivity index (χ0) is 19.2. The van der Waals surface area contributed by atoms with E-state index in [2.05, 4.69) is 15.5 Å². The molecule has 0 saturated heterocycles. The van der Waals surface area contributed by atoms with E-state index in [1.165, 1.54) is 18.3 Å². The molecule has 0 fully saturated rings. The molecule has 8 heteroatoms. The van der Waals surface area contributed by atoms with Crippen molar-refractivity contribution in [3.05, 3.63) is 88.0 Å².